The molecule has 0 saturated carbocycles. The average molecular weight is 477 g/mol. The van der Waals surface area contributed by atoms with E-state index in [0.717, 1.165) is 17.4 Å². The fourth-order valence-corrected chi connectivity index (χ4v) is 4.72. The van der Waals surface area contributed by atoms with Gasteiger partial charge in [0.2, 0.25) is 5.78 Å². The molecule has 0 aliphatic carbocycles. The zero-order valence-electron chi connectivity index (χ0n) is 16.3. The lowest BCUT2D eigenvalue weighted by molar-refractivity contribution is -0.141. The van der Waals surface area contributed by atoms with Gasteiger partial charge in [-0.2, -0.15) is 13.2 Å². The number of nitrogens with zero attached hydrogens (tertiary/aromatic N) is 1. The number of ketones is 1. The number of ether oxygens (including phenoxy) is 1. The number of para-hydroxylation sites is 2. The van der Waals surface area contributed by atoms with E-state index in [9.17, 15) is 22.8 Å². The molecule has 3 aromatic heterocycles. The molecule has 0 aliphatic rings. The molecule has 0 saturated heterocycles. The summed E-state index contributed by atoms with van der Waals surface area (Å²) in [6.07, 6.45) is -4.87. The smallest absolute Gasteiger partial charge is 0.434 e. The molecule has 1 aromatic carbocycles. The molecule has 1 amide bonds. The standard InChI is InChI=1S/C21H14F3N3O3S2/c1-30-13-6-3-2-5-12(13)26-19(29)17-15(25)10-9-11(16(28)14-7-4-8-31-14)18(21(22,23)24)27-20(10)32-17/h2-9H,25H2,1H3,(H,26,29). The average Bonchev–Trinajstić information content (AvgIpc) is 3.40. The van der Waals surface area contributed by atoms with E-state index in [-0.39, 0.29) is 25.7 Å². The topological polar surface area (TPSA) is 94.3 Å². The first kappa shape index (κ1) is 21.8. The van der Waals surface area contributed by atoms with Crippen LogP contribution in [0.3, 0.4) is 0 Å². The maximum atomic E-state index is 13.7. The predicted molar refractivity (Wildman–Crippen MR) is 118 cm³/mol. The highest BCUT2D eigenvalue weighted by Gasteiger charge is 2.38. The van der Waals surface area contributed by atoms with E-state index in [1.807, 2.05) is 0 Å². The number of rotatable bonds is 5. The molecule has 0 unspecified atom stereocenters. The third kappa shape index (κ3) is 3.92. The second kappa shape index (κ2) is 8.24. The Hall–Kier alpha value is -3.44. The number of fused-ring (bicyclic) bond motifs is 1. The zero-order valence-corrected chi connectivity index (χ0v) is 18.0. The summed E-state index contributed by atoms with van der Waals surface area (Å²) in [5, 5.41) is 4.33. The second-order valence-electron chi connectivity index (χ2n) is 6.54. The first-order chi connectivity index (χ1) is 15.2. The zero-order chi connectivity index (χ0) is 23.0. The quantitative estimate of drug-likeness (QED) is 0.373. The number of nitrogens with two attached hydrogens (primary N) is 1. The van der Waals surface area contributed by atoms with E-state index in [0.29, 0.717) is 22.8 Å². The number of pyridine rings is 1. The van der Waals surface area contributed by atoms with E-state index in [1.54, 1.807) is 35.7 Å². The number of anilines is 2. The van der Waals surface area contributed by atoms with Gasteiger partial charge in [-0.25, -0.2) is 4.98 Å². The van der Waals surface area contributed by atoms with Crippen molar-refractivity contribution < 1.29 is 27.5 Å². The number of carbonyl (C=O) groups excluding carboxylic acids is 2. The number of amides is 1. The van der Waals surface area contributed by atoms with Crippen LogP contribution in [0.25, 0.3) is 10.2 Å². The second-order valence-corrected chi connectivity index (χ2v) is 8.49. The summed E-state index contributed by atoms with van der Waals surface area (Å²) in [7, 11) is 1.44. The number of thiophene rings is 2. The molecule has 32 heavy (non-hydrogen) atoms. The summed E-state index contributed by atoms with van der Waals surface area (Å²) in [5.41, 5.74) is 4.48. The molecule has 6 nitrogen and oxygen atoms in total. The van der Waals surface area contributed by atoms with Gasteiger partial charge in [-0.05, 0) is 29.6 Å². The van der Waals surface area contributed by atoms with Gasteiger partial charge >= 0.3 is 6.18 Å². The minimum absolute atomic E-state index is 0.0211. The van der Waals surface area contributed by atoms with Crippen molar-refractivity contribution in [2.75, 3.05) is 18.2 Å². The van der Waals surface area contributed by atoms with Crippen LogP contribution in [-0.4, -0.2) is 23.8 Å². The van der Waals surface area contributed by atoms with Gasteiger partial charge in [-0.15, -0.1) is 22.7 Å². The molecule has 0 atom stereocenters. The Labute approximate surface area is 187 Å². The molecule has 3 heterocycles. The molecule has 0 spiro atoms. The molecule has 4 aromatic rings. The van der Waals surface area contributed by atoms with Gasteiger partial charge in [0.15, 0.2) is 5.69 Å². The Morgan fingerprint density at radius 2 is 1.91 bits per heavy atom. The number of benzene rings is 1. The van der Waals surface area contributed by atoms with Crippen molar-refractivity contribution >= 4 is 56.0 Å². The number of halogens is 3. The van der Waals surface area contributed by atoms with Gasteiger partial charge in [0, 0.05) is 5.39 Å². The van der Waals surface area contributed by atoms with E-state index in [2.05, 4.69) is 10.3 Å². The number of hydrogen-bond acceptors (Lipinski definition) is 7. The summed E-state index contributed by atoms with van der Waals surface area (Å²) in [6.45, 7) is 0. The molecule has 0 aliphatic heterocycles. The SMILES string of the molecule is COc1ccccc1NC(=O)c1sc2nc(C(F)(F)F)c(C(=O)c3cccs3)cc2c1N. The number of hydrogen-bond donors (Lipinski definition) is 2. The fourth-order valence-electron chi connectivity index (χ4n) is 3.07. The van der Waals surface area contributed by atoms with Gasteiger partial charge in [-0.1, -0.05) is 18.2 Å². The fraction of sp³-hybridized carbons (Fsp3) is 0.0952. The highest BCUT2D eigenvalue weighted by molar-refractivity contribution is 7.21. The molecular formula is C21H14F3N3O3S2. The van der Waals surface area contributed by atoms with E-state index in [4.69, 9.17) is 10.5 Å². The first-order valence-corrected chi connectivity index (χ1v) is 10.7. The lowest BCUT2D eigenvalue weighted by Gasteiger charge is -2.11. The van der Waals surface area contributed by atoms with Gasteiger partial charge in [0.25, 0.3) is 5.91 Å². The largest absolute Gasteiger partial charge is 0.495 e. The Bertz CT molecular complexity index is 1330. The summed E-state index contributed by atoms with van der Waals surface area (Å²) in [5.74, 6) is -1.04. The molecule has 3 N–H and O–H groups in total. The lowest BCUT2D eigenvalue weighted by Crippen LogP contribution is -2.15. The van der Waals surface area contributed by atoms with Crippen molar-refractivity contribution in [3.63, 3.8) is 0 Å². The molecule has 11 heteroatoms. The van der Waals surface area contributed by atoms with Gasteiger partial charge in [0.1, 0.15) is 15.5 Å². The number of nitrogens with one attached hydrogen (secondary N) is 1. The number of alkyl halides is 3. The van der Waals surface area contributed by atoms with Crippen LogP contribution in [0.2, 0.25) is 0 Å². The van der Waals surface area contributed by atoms with Crippen LogP contribution in [-0.2, 0) is 6.18 Å². The predicted octanol–water partition coefficient (Wildman–Crippen LogP) is 5.45. The minimum atomic E-state index is -4.87. The maximum absolute atomic E-state index is 13.7. The number of methoxy groups -OCH3 is 1. The molecule has 0 radical (unpaired) electrons. The van der Waals surface area contributed by atoms with Crippen LogP contribution in [0.5, 0.6) is 5.75 Å². The van der Waals surface area contributed by atoms with Crippen LogP contribution in [0, 0.1) is 0 Å². The lowest BCUT2D eigenvalue weighted by atomic mass is 10.1. The van der Waals surface area contributed by atoms with Crippen molar-refractivity contribution in [3.05, 3.63) is 68.9 Å². The van der Waals surface area contributed by atoms with Crippen molar-refractivity contribution in [1.82, 2.24) is 4.98 Å². The van der Waals surface area contributed by atoms with Gasteiger partial charge < -0.3 is 15.8 Å². The van der Waals surface area contributed by atoms with Gasteiger partial charge in [-0.3, -0.25) is 9.59 Å². The molecule has 4 rings (SSSR count). The van der Waals surface area contributed by atoms with Crippen LogP contribution in [0.1, 0.15) is 30.6 Å². The van der Waals surface area contributed by atoms with Gasteiger partial charge in [0.05, 0.1) is 28.9 Å². The summed E-state index contributed by atoms with van der Waals surface area (Å²) in [6, 6.07) is 10.7. The van der Waals surface area contributed by atoms with E-state index in [1.165, 1.54) is 13.2 Å². The van der Waals surface area contributed by atoms with Crippen molar-refractivity contribution in [1.29, 1.82) is 0 Å². The highest BCUT2D eigenvalue weighted by atomic mass is 32.1. The first-order valence-electron chi connectivity index (χ1n) is 9.03. The highest BCUT2D eigenvalue weighted by Crippen LogP contribution is 2.39. The van der Waals surface area contributed by atoms with E-state index < -0.39 is 29.1 Å². The Kier molecular flexibility index (Phi) is 5.61. The Morgan fingerprint density at radius 3 is 2.56 bits per heavy atom. The maximum Gasteiger partial charge on any atom is 0.434 e. The number of aromatic nitrogens is 1. The van der Waals surface area contributed by atoms with Crippen LogP contribution in [0.15, 0.2) is 47.8 Å². The number of carbonyl (C=O) groups is 2. The Morgan fingerprint density at radius 1 is 1.16 bits per heavy atom. The van der Waals surface area contributed by atoms with Crippen molar-refractivity contribution in [2.45, 2.75) is 6.18 Å². The van der Waals surface area contributed by atoms with Crippen molar-refractivity contribution in [3.8, 4) is 5.75 Å². The van der Waals surface area contributed by atoms with E-state index >= 15 is 0 Å². The number of nitrogen functional groups attached to an aromatic ring is 1. The van der Waals surface area contributed by atoms with Crippen LogP contribution < -0.4 is 15.8 Å². The van der Waals surface area contributed by atoms with Crippen LogP contribution in [0.4, 0.5) is 24.5 Å². The third-order valence-electron chi connectivity index (χ3n) is 4.54. The molecule has 0 bridgehead atoms. The Balaban J connectivity index is 1.81. The summed E-state index contributed by atoms with van der Waals surface area (Å²) in [4.78, 5) is 29.2. The third-order valence-corrected chi connectivity index (χ3v) is 6.52. The monoisotopic (exact) mass is 477 g/mol. The van der Waals surface area contributed by atoms with Crippen LogP contribution >= 0.6 is 22.7 Å². The summed E-state index contributed by atoms with van der Waals surface area (Å²) >= 11 is 1.74. The molecule has 164 valence electrons. The molecular weight excluding hydrogens is 463 g/mol. The normalized spacial score (nSPS) is 11.5. The summed E-state index contributed by atoms with van der Waals surface area (Å²) < 4.78 is 46.2. The molecule has 0 fully saturated rings. The van der Waals surface area contributed by atoms with Crippen molar-refractivity contribution in [2.24, 2.45) is 0 Å². The minimum Gasteiger partial charge on any atom is -0.495 e.